The highest BCUT2D eigenvalue weighted by Crippen LogP contribution is 1.99. The molecular weight excluding hydrogens is 134 g/mol. The lowest BCUT2D eigenvalue weighted by Crippen LogP contribution is -2.13. The van der Waals surface area contributed by atoms with Gasteiger partial charge in [0.2, 0.25) is 0 Å². The van der Waals surface area contributed by atoms with Crippen LogP contribution in [0.4, 0.5) is 0 Å². The van der Waals surface area contributed by atoms with Crippen LogP contribution in [0.15, 0.2) is 12.2 Å². The molecule has 0 aromatic rings. The number of rotatable bonds is 4. The summed E-state index contributed by atoms with van der Waals surface area (Å²) in [5.74, 6) is 0.591. The van der Waals surface area contributed by atoms with Crippen LogP contribution < -0.4 is 0 Å². The van der Waals surface area contributed by atoms with Gasteiger partial charge in [0, 0.05) is 12.4 Å². The van der Waals surface area contributed by atoms with Gasteiger partial charge in [0.1, 0.15) is 0 Å². The SMILES string of the molecule is C=C(CCl)CCN(C)C. The predicted molar refractivity (Wildman–Crippen MR) is 43.0 cm³/mol. The Morgan fingerprint density at radius 2 is 2.11 bits per heavy atom. The molecule has 0 heterocycles. The minimum absolute atomic E-state index is 0.591. The molecule has 0 aliphatic carbocycles. The van der Waals surface area contributed by atoms with Crippen LogP contribution in [-0.4, -0.2) is 31.4 Å². The van der Waals surface area contributed by atoms with Gasteiger partial charge in [-0.3, -0.25) is 0 Å². The molecule has 9 heavy (non-hydrogen) atoms. The standard InChI is InChI=1S/C7H14ClN/c1-7(6-8)4-5-9(2)3/h1,4-6H2,2-3H3. The molecule has 0 saturated carbocycles. The van der Waals surface area contributed by atoms with E-state index in [9.17, 15) is 0 Å². The second kappa shape index (κ2) is 4.83. The summed E-state index contributed by atoms with van der Waals surface area (Å²) in [6.45, 7) is 4.83. The summed E-state index contributed by atoms with van der Waals surface area (Å²) < 4.78 is 0. The monoisotopic (exact) mass is 147 g/mol. The van der Waals surface area contributed by atoms with Crippen molar-refractivity contribution in [3.63, 3.8) is 0 Å². The summed E-state index contributed by atoms with van der Waals surface area (Å²) in [7, 11) is 4.09. The fourth-order valence-corrected chi connectivity index (χ4v) is 0.582. The van der Waals surface area contributed by atoms with Gasteiger partial charge >= 0.3 is 0 Å². The molecule has 0 saturated heterocycles. The second-order valence-electron chi connectivity index (χ2n) is 2.44. The van der Waals surface area contributed by atoms with Gasteiger partial charge in [-0.1, -0.05) is 12.2 Å². The van der Waals surface area contributed by atoms with E-state index in [4.69, 9.17) is 11.6 Å². The zero-order valence-corrected chi connectivity index (χ0v) is 6.91. The lowest BCUT2D eigenvalue weighted by atomic mass is 10.2. The summed E-state index contributed by atoms with van der Waals surface area (Å²) in [4.78, 5) is 2.12. The maximum Gasteiger partial charge on any atom is 0.0431 e. The molecule has 0 aromatic heterocycles. The molecule has 0 radical (unpaired) electrons. The van der Waals surface area contributed by atoms with Crippen molar-refractivity contribution >= 4 is 11.6 Å². The molecule has 0 unspecified atom stereocenters. The van der Waals surface area contributed by atoms with E-state index in [-0.39, 0.29) is 0 Å². The number of halogens is 1. The highest BCUT2D eigenvalue weighted by Gasteiger charge is 1.92. The normalized spacial score (nSPS) is 10.2. The highest BCUT2D eigenvalue weighted by molar-refractivity contribution is 6.19. The van der Waals surface area contributed by atoms with Crippen LogP contribution in [0.2, 0.25) is 0 Å². The van der Waals surface area contributed by atoms with Crippen molar-refractivity contribution in [1.29, 1.82) is 0 Å². The first-order valence-electron chi connectivity index (χ1n) is 3.04. The first kappa shape index (κ1) is 8.99. The van der Waals surface area contributed by atoms with Gasteiger partial charge in [-0.15, -0.1) is 11.6 Å². The van der Waals surface area contributed by atoms with Crippen molar-refractivity contribution in [1.82, 2.24) is 4.90 Å². The Balaban J connectivity index is 3.17. The van der Waals surface area contributed by atoms with Gasteiger partial charge in [-0.25, -0.2) is 0 Å². The lowest BCUT2D eigenvalue weighted by Gasteiger charge is -2.08. The van der Waals surface area contributed by atoms with Gasteiger partial charge < -0.3 is 4.90 Å². The molecule has 0 aliphatic rings. The Labute approximate surface area is 62.3 Å². The van der Waals surface area contributed by atoms with Gasteiger partial charge in [0.25, 0.3) is 0 Å². The van der Waals surface area contributed by atoms with E-state index in [1.807, 2.05) is 14.1 Å². The van der Waals surface area contributed by atoms with Crippen molar-refractivity contribution in [3.8, 4) is 0 Å². The van der Waals surface area contributed by atoms with Crippen LogP contribution in [0.1, 0.15) is 6.42 Å². The molecule has 54 valence electrons. The maximum absolute atomic E-state index is 5.52. The molecule has 0 spiro atoms. The van der Waals surface area contributed by atoms with E-state index < -0.39 is 0 Å². The molecule has 0 aromatic carbocycles. The molecule has 0 bridgehead atoms. The molecule has 0 fully saturated rings. The zero-order chi connectivity index (χ0) is 7.28. The van der Waals surface area contributed by atoms with Crippen LogP contribution >= 0.6 is 11.6 Å². The topological polar surface area (TPSA) is 3.24 Å². The Bertz CT molecular complexity index is 88.9. The van der Waals surface area contributed by atoms with Crippen molar-refractivity contribution in [3.05, 3.63) is 12.2 Å². The molecule has 0 N–H and O–H groups in total. The smallest absolute Gasteiger partial charge is 0.0431 e. The zero-order valence-electron chi connectivity index (χ0n) is 6.15. The van der Waals surface area contributed by atoms with E-state index in [1.165, 1.54) is 0 Å². The summed E-state index contributed by atoms with van der Waals surface area (Å²) in [6.07, 6.45) is 1.01. The quantitative estimate of drug-likeness (QED) is 0.433. The van der Waals surface area contributed by atoms with Gasteiger partial charge in [0.15, 0.2) is 0 Å². The molecule has 0 aliphatic heterocycles. The first-order chi connectivity index (χ1) is 4.16. The minimum Gasteiger partial charge on any atom is -0.309 e. The van der Waals surface area contributed by atoms with Crippen molar-refractivity contribution in [2.45, 2.75) is 6.42 Å². The Morgan fingerprint density at radius 1 is 1.56 bits per heavy atom. The molecule has 0 amide bonds. The average Bonchev–Trinajstić information content (AvgIpc) is 1.83. The Kier molecular flexibility index (Phi) is 4.83. The van der Waals surface area contributed by atoms with E-state index in [2.05, 4.69) is 11.5 Å². The molecule has 2 heteroatoms. The second-order valence-corrected chi connectivity index (χ2v) is 2.70. The predicted octanol–water partition coefficient (Wildman–Crippen LogP) is 1.73. The summed E-state index contributed by atoms with van der Waals surface area (Å²) in [6, 6.07) is 0. The van der Waals surface area contributed by atoms with Gasteiger partial charge in [-0.2, -0.15) is 0 Å². The van der Waals surface area contributed by atoms with Crippen molar-refractivity contribution < 1.29 is 0 Å². The van der Waals surface area contributed by atoms with Crippen LogP contribution in [0, 0.1) is 0 Å². The number of alkyl halides is 1. The lowest BCUT2D eigenvalue weighted by molar-refractivity contribution is 0.413. The fraction of sp³-hybridized carbons (Fsp3) is 0.714. The third kappa shape index (κ3) is 5.87. The summed E-state index contributed by atoms with van der Waals surface area (Å²) in [5, 5.41) is 0. The largest absolute Gasteiger partial charge is 0.309 e. The van der Waals surface area contributed by atoms with Crippen molar-refractivity contribution in [2.75, 3.05) is 26.5 Å². The van der Waals surface area contributed by atoms with Crippen LogP contribution in [0.25, 0.3) is 0 Å². The summed E-state index contributed by atoms with van der Waals surface area (Å²) in [5.41, 5.74) is 1.12. The maximum atomic E-state index is 5.52. The van der Waals surface area contributed by atoms with Crippen molar-refractivity contribution in [2.24, 2.45) is 0 Å². The number of hydrogen-bond acceptors (Lipinski definition) is 1. The van der Waals surface area contributed by atoms with Gasteiger partial charge in [-0.05, 0) is 20.5 Å². The molecule has 1 nitrogen and oxygen atoms in total. The molecular formula is C7H14ClN. The fourth-order valence-electron chi connectivity index (χ4n) is 0.449. The van der Waals surface area contributed by atoms with Gasteiger partial charge in [0.05, 0.1) is 0 Å². The van der Waals surface area contributed by atoms with E-state index in [0.717, 1.165) is 18.5 Å². The third-order valence-corrected chi connectivity index (χ3v) is 1.48. The molecule has 0 atom stereocenters. The third-order valence-electron chi connectivity index (χ3n) is 1.10. The number of nitrogens with zero attached hydrogens (tertiary/aromatic N) is 1. The van der Waals surface area contributed by atoms with E-state index in [0.29, 0.717) is 5.88 Å². The van der Waals surface area contributed by atoms with E-state index in [1.54, 1.807) is 0 Å². The minimum atomic E-state index is 0.591. The van der Waals surface area contributed by atoms with Crippen LogP contribution in [0.5, 0.6) is 0 Å². The highest BCUT2D eigenvalue weighted by atomic mass is 35.5. The Hall–Kier alpha value is -0.0100. The summed E-state index contributed by atoms with van der Waals surface area (Å²) >= 11 is 5.52. The molecule has 0 rings (SSSR count). The van der Waals surface area contributed by atoms with E-state index >= 15 is 0 Å². The Morgan fingerprint density at radius 3 is 2.44 bits per heavy atom. The first-order valence-corrected chi connectivity index (χ1v) is 3.57. The van der Waals surface area contributed by atoms with Crippen LogP contribution in [-0.2, 0) is 0 Å². The number of hydrogen-bond donors (Lipinski definition) is 0. The average molecular weight is 148 g/mol. The van der Waals surface area contributed by atoms with Crippen LogP contribution in [0.3, 0.4) is 0 Å².